The van der Waals surface area contributed by atoms with Crippen molar-refractivity contribution >= 4 is 11.0 Å². The Labute approximate surface area is 153 Å². The van der Waals surface area contributed by atoms with Gasteiger partial charge in [-0.05, 0) is 54.9 Å². The largest absolute Gasteiger partial charge is 0.508 e. The Morgan fingerprint density at radius 1 is 1.04 bits per heavy atom. The second-order valence-electron chi connectivity index (χ2n) is 6.48. The van der Waals surface area contributed by atoms with Crippen LogP contribution in [0.4, 0.5) is 0 Å². The number of rotatable bonds is 7. The third-order valence-electron chi connectivity index (χ3n) is 4.75. The van der Waals surface area contributed by atoms with E-state index in [1.54, 1.807) is 24.3 Å². The van der Waals surface area contributed by atoms with E-state index in [1.807, 2.05) is 12.1 Å². The van der Waals surface area contributed by atoms with Gasteiger partial charge in [0, 0.05) is 13.0 Å². The van der Waals surface area contributed by atoms with Crippen LogP contribution in [0.2, 0.25) is 0 Å². The molecule has 1 heterocycles. The molecule has 0 atom stereocenters. The lowest BCUT2D eigenvalue weighted by Gasteiger charge is -2.17. The number of nitrogens with zero attached hydrogens (tertiary/aromatic N) is 2. The zero-order chi connectivity index (χ0) is 18.5. The predicted octanol–water partition coefficient (Wildman–Crippen LogP) is 3.10. The average molecular weight is 351 g/mol. The highest BCUT2D eigenvalue weighted by Gasteiger charge is 2.08. The van der Waals surface area contributed by atoms with Crippen LogP contribution in [0, 0.1) is 0 Å². The zero-order valence-corrected chi connectivity index (χ0v) is 15.3. The van der Waals surface area contributed by atoms with Gasteiger partial charge in [-0.25, -0.2) is 4.98 Å². The lowest BCUT2D eigenvalue weighted by Crippen LogP contribution is -2.25. The second-order valence-corrected chi connectivity index (χ2v) is 6.48. The average Bonchev–Trinajstić information content (AvgIpc) is 2.65. The summed E-state index contributed by atoms with van der Waals surface area (Å²) in [6, 6.07) is 12.9. The molecule has 0 aliphatic carbocycles. The van der Waals surface area contributed by atoms with E-state index in [2.05, 4.69) is 34.8 Å². The first-order chi connectivity index (χ1) is 12.6. The molecule has 0 unspecified atom stereocenters. The Balaban J connectivity index is 1.81. The van der Waals surface area contributed by atoms with Gasteiger partial charge in [-0.2, -0.15) is 0 Å². The molecule has 26 heavy (non-hydrogen) atoms. The zero-order valence-electron chi connectivity index (χ0n) is 15.3. The highest BCUT2D eigenvalue weighted by molar-refractivity contribution is 5.74. The number of hydrogen-bond acceptors (Lipinski definition) is 4. The van der Waals surface area contributed by atoms with E-state index in [4.69, 9.17) is 0 Å². The third-order valence-corrected chi connectivity index (χ3v) is 4.75. The number of nitrogens with one attached hydrogen (secondary N) is 1. The van der Waals surface area contributed by atoms with Crippen LogP contribution in [0.15, 0.2) is 47.3 Å². The maximum Gasteiger partial charge on any atom is 0.270 e. The van der Waals surface area contributed by atoms with E-state index in [0.29, 0.717) is 12.1 Å². The van der Waals surface area contributed by atoms with Crippen molar-refractivity contribution in [3.05, 3.63) is 69.6 Å². The minimum absolute atomic E-state index is 0.161. The molecule has 136 valence electrons. The number of phenolic OH excluding ortho intramolecular Hbond substituents is 1. The van der Waals surface area contributed by atoms with Gasteiger partial charge in [0.05, 0.1) is 11.0 Å². The topological polar surface area (TPSA) is 69.2 Å². The van der Waals surface area contributed by atoms with Crippen molar-refractivity contribution in [1.29, 1.82) is 0 Å². The molecule has 3 aromatic rings. The monoisotopic (exact) mass is 351 g/mol. The summed E-state index contributed by atoms with van der Waals surface area (Å²) in [7, 11) is 0. The summed E-state index contributed by atoms with van der Waals surface area (Å²) in [5, 5.41) is 9.37. The van der Waals surface area contributed by atoms with Crippen molar-refractivity contribution in [3.63, 3.8) is 0 Å². The Kier molecular flexibility index (Phi) is 5.68. The number of likely N-dealkylation sites (N-methyl/N-ethyl adjacent to an activating group) is 1. The summed E-state index contributed by atoms with van der Waals surface area (Å²) in [4.78, 5) is 22.3. The fourth-order valence-electron chi connectivity index (χ4n) is 3.08. The quantitative estimate of drug-likeness (QED) is 0.686. The van der Waals surface area contributed by atoms with Gasteiger partial charge >= 0.3 is 0 Å². The highest BCUT2D eigenvalue weighted by Crippen LogP contribution is 2.15. The maximum atomic E-state index is 12.4. The Hall–Kier alpha value is -2.66. The van der Waals surface area contributed by atoms with Crippen LogP contribution in [0.25, 0.3) is 11.0 Å². The summed E-state index contributed by atoms with van der Waals surface area (Å²) in [5.41, 5.74) is 4.04. The Morgan fingerprint density at radius 3 is 2.42 bits per heavy atom. The molecule has 3 rings (SSSR count). The minimum atomic E-state index is -0.161. The number of hydrogen-bond donors (Lipinski definition) is 2. The molecule has 0 spiro atoms. The van der Waals surface area contributed by atoms with Crippen LogP contribution in [-0.2, 0) is 12.8 Å². The predicted molar refractivity (Wildman–Crippen MR) is 105 cm³/mol. The van der Waals surface area contributed by atoms with E-state index >= 15 is 0 Å². The first-order valence-electron chi connectivity index (χ1n) is 9.11. The summed E-state index contributed by atoms with van der Waals surface area (Å²) < 4.78 is 0. The van der Waals surface area contributed by atoms with Crippen LogP contribution in [0.5, 0.6) is 5.75 Å². The first-order valence-corrected chi connectivity index (χ1v) is 9.11. The molecule has 0 bridgehead atoms. The lowest BCUT2D eigenvalue weighted by molar-refractivity contribution is 0.308. The number of benzene rings is 2. The van der Waals surface area contributed by atoms with Crippen LogP contribution in [-0.4, -0.2) is 39.6 Å². The van der Waals surface area contributed by atoms with Gasteiger partial charge in [0.2, 0.25) is 0 Å². The van der Waals surface area contributed by atoms with Gasteiger partial charge in [0.1, 0.15) is 11.4 Å². The van der Waals surface area contributed by atoms with Crippen molar-refractivity contribution in [2.45, 2.75) is 26.7 Å². The maximum absolute atomic E-state index is 12.4. The molecular formula is C21H25N3O2. The molecule has 0 saturated carbocycles. The molecule has 0 radical (unpaired) electrons. The Morgan fingerprint density at radius 2 is 1.73 bits per heavy atom. The number of aromatic amines is 1. The van der Waals surface area contributed by atoms with Crippen molar-refractivity contribution in [2.75, 3.05) is 19.6 Å². The van der Waals surface area contributed by atoms with Crippen molar-refractivity contribution in [2.24, 2.45) is 0 Å². The first kappa shape index (κ1) is 18.1. The normalized spacial score (nSPS) is 11.3. The van der Waals surface area contributed by atoms with Crippen molar-refractivity contribution < 1.29 is 5.11 Å². The van der Waals surface area contributed by atoms with Crippen molar-refractivity contribution in [3.8, 4) is 5.75 Å². The molecule has 0 fully saturated rings. The molecule has 2 aromatic carbocycles. The van der Waals surface area contributed by atoms with Crippen LogP contribution in [0.3, 0.4) is 0 Å². The molecule has 2 N–H and O–H groups in total. The van der Waals surface area contributed by atoms with E-state index in [0.717, 1.165) is 42.7 Å². The smallest absolute Gasteiger partial charge is 0.270 e. The molecule has 5 nitrogen and oxygen atoms in total. The molecule has 0 aliphatic rings. The summed E-state index contributed by atoms with van der Waals surface area (Å²) in [6.45, 7) is 7.43. The molecule has 0 amide bonds. The van der Waals surface area contributed by atoms with Gasteiger partial charge < -0.3 is 15.0 Å². The number of H-pyrrole nitrogens is 1. The third kappa shape index (κ3) is 4.29. The number of aromatic nitrogens is 2. The van der Waals surface area contributed by atoms with Gasteiger partial charge in [0.15, 0.2) is 0 Å². The number of aromatic hydroxyl groups is 1. The minimum Gasteiger partial charge on any atom is -0.508 e. The fraction of sp³-hybridized carbons (Fsp3) is 0.333. The summed E-state index contributed by atoms with van der Waals surface area (Å²) in [6.07, 6.45) is 1.39. The Bertz CT molecular complexity index is 928. The highest BCUT2D eigenvalue weighted by atomic mass is 16.3. The molecule has 5 heteroatoms. The molecule has 0 saturated heterocycles. The van der Waals surface area contributed by atoms with Crippen LogP contribution in [0.1, 0.15) is 30.7 Å². The van der Waals surface area contributed by atoms with E-state index in [9.17, 15) is 9.90 Å². The fourth-order valence-corrected chi connectivity index (χ4v) is 3.08. The number of fused-ring (bicyclic) bond motifs is 1. The van der Waals surface area contributed by atoms with Gasteiger partial charge in [-0.3, -0.25) is 4.79 Å². The van der Waals surface area contributed by atoms with Crippen LogP contribution >= 0.6 is 0 Å². The lowest BCUT2D eigenvalue weighted by atomic mass is 10.1. The summed E-state index contributed by atoms with van der Waals surface area (Å²) in [5.74, 6) is 0.214. The summed E-state index contributed by atoms with van der Waals surface area (Å²) >= 11 is 0. The van der Waals surface area contributed by atoms with E-state index < -0.39 is 0 Å². The van der Waals surface area contributed by atoms with E-state index in [-0.39, 0.29) is 11.3 Å². The van der Waals surface area contributed by atoms with Gasteiger partial charge in [0.25, 0.3) is 5.56 Å². The molecular weight excluding hydrogens is 326 g/mol. The molecule has 1 aromatic heterocycles. The SMILES string of the molecule is CCN(CC)CCc1ccc2nc(Cc3ccc(O)cc3)c(=O)[nH]c2c1. The van der Waals surface area contributed by atoms with Gasteiger partial charge in [-0.15, -0.1) is 0 Å². The van der Waals surface area contributed by atoms with E-state index in [1.165, 1.54) is 5.56 Å². The van der Waals surface area contributed by atoms with Gasteiger partial charge in [-0.1, -0.05) is 32.0 Å². The number of phenols is 1. The van der Waals surface area contributed by atoms with Crippen LogP contribution < -0.4 is 5.56 Å². The standard InChI is InChI=1S/C21H25N3O2/c1-3-24(4-2)12-11-16-7-10-18-19(13-16)23-21(26)20(22-18)14-15-5-8-17(25)9-6-15/h5-10,13,25H,3-4,11-12,14H2,1-2H3,(H,23,26). The van der Waals surface area contributed by atoms with Crippen molar-refractivity contribution in [1.82, 2.24) is 14.9 Å². The molecule has 0 aliphatic heterocycles. The second kappa shape index (κ2) is 8.15.